The van der Waals surface area contributed by atoms with Crippen LogP contribution < -0.4 is 5.73 Å². The lowest BCUT2D eigenvalue weighted by Gasteiger charge is -2.44. The second-order valence-corrected chi connectivity index (χ2v) is 9.10. The van der Waals surface area contributed by atoms with Crippen LogP contribution in [0.15, 0.2) is 23.2 Å². The molecule has 1 aromatic rings. The van der Waals surface area contributed by atoms with Gasteiger partial charge >= 0.3 is 0 Å². The largest absolute Gasteiger partial charge is 0.369 e. The third-order valence-corrected chi connectivity index (χ3v) is 7.27. The van der Waals surface area contributed by atoms with Crippen LogP contribution in [0.25, 0.3) is 0 Å². The van der Waals surface area contributed by atoms with Crippen molar-refractivity contribution >= 4 is 11.9 Å². The number of nitrogens with two attached hydrogens (primary N) is 1. The van der Waals surface area contributed by atoms with Crippen LogP contribution >= 0.6 is 0 Å². The zero-order valence-corrected chi connectivity index (χ0v) is 16.2. The Morgan fingerprint density at radius 3 is 2.59 bits per heavy atom. The van der Waals surface area contributed by atoms with Crippen molar-refractivity contribution in [3.05, 3.63) is 34.9 Å². The first-order valence-electron chi connectivity index (χ1n) is 10.2. The van der Waals surface area contributed by atoms with Crippen LogP contribution in [0.4, 0.5) is 0 Å². The van der Waals surface area contributed by atoms with Crippen LogP contribution in [0.5, 0.6) is 0 Å². The van der Waals surface area contributed by atoms with Crippen LogP contribution in [-0.2, 0) is 16.8 Å². The molecule has 0 saturated heterocycles. The standard InChI is InChI=1S/C23H27N3O/c1-15-9-11-22(12-10-15)14-18-8-7-17(6-5-16-3-4-16)13-19(18)23(22)20(27)26(2)21(24)25-23/h7-8,13,15-16H,3-4,9-12,14H2,1-2H3,(H2,24,25). The van der Waals surface area contributed by atoms with E-state index in [0.717, 1.165) is 43.2 Å². The smallest absolute Gasteiger partial charge is 0.262 e. The minimum absolute atomic E-state index is 0.0422. The van der Waals surface area contributed by atoms with Crippen LogP contribution in [0.1, 0.15) is 62.1 Å². The number of hydrogen-bond donors (Lipinski definition) is 1. The number of fused-ring (bicyclic) bond motifs is 3. The third-order valence-electron chi connectivity index (χ3n) is 7.27. The first-order valence-corrected chi connectivity index (χ1v) is 10.2. The SMILES string of the molecule is CC1CCC2(CC1)Cc1ccc(C#CC3CC3)cc1C21N=C(N)N(C)C1=O. The molecule has 1 aromatic carbocycles. The van der Waals surface area contributed by atoms with Crippen LogP contribution in [0.2, 0.25) is 0 Å². The second-order valence-electron chi connectivity index (χ2n) is 9.10. The number of rotatable bonds is 0. The van der Waals surface area contributed by atoms with Crippen LogP contribution in [0.3, 0.4) is 0 Å². The maximum atomic E-state index is 13.5. The maximum absolute atomic E-state index is 13.5. The molecule has 0 bridgehead atoms. The van der Waals surface area contributed by atoms with Crippen molar-refractivity contribution in [3.8, 4) is 11.8 Å². The molecular formula is C23H27N3O. The minimum atomic E-state index is -0.849. The molecule has 2 spiro atoms. The van der Waals surface area contributed by atoms with E-state index >= 15 is 0 Å². The summed E-state index contributed by atoms with van der Waals surface area (Å²) in [4.78, 5) is 20.0. The number of nitrogens with zero attached hydrogens (tertiary/aromatic N) is 2. The highest BCUT2D eigenvalue weighted by Gasteiger charge is 2.66. The fraction of sp³-hybridized carbons (Fsp3) is 0.565. The van der Waals surface area contributed by atoms with Crippen molar-refractivity contribution in [3.63, 3.8) is 0 Å². The molecule has 2 saturated carbocycles. The summed E-state index contributed by atoms with van der Waals surface area (Å²) in [5, 5.41) is 0. The normalized spacial score (nSPS) is 34.6. The number of amides is 1. The van der Waals surface area contributed by atoms with Gasteiger partial charge in [-0.1, -0.05) is 37.7 Å². The summed E-state index contributed by atoms with van der Waals surface area (Å²) in [6, 6.07) is 6.42. The molecule has 1 amide bonds. The lowest BCUT2D eigenvalue weighted by molar-refractivity contribution is -0.136. The first kappa shape index (κ1) is 16.9. The number of carbonyl (C=O) groups is 1. The average molecular weight is 361 g/mol. The van der Waals surface area contributed by atoms with E-state index in [1.54, 1.807) is 11.9 Å². The molecule has 1 heterocycles. The Bertz CT molecular complexity index is 909. The van der Waals surface area contributed by atoms with Gasteiger partial charge in [-0.25, -0.2) is 4.99 Å². The Kier molecular flexibility index (Phi) is 3.50. The Morgan fingerprint density at radius 2 is 1.96 bits per heavy atom. The van der Waals surface area contributed by atoms with E-state index in [9.17, 15) is 4.79 Å². The van der Waals surface area contributed by atoms with E-state index in [-0.39, 0.29) is 11.3 Å². The molecule has 4 heteroatoms. The average Bonchev–Trinajstić information content (AvgIpc) is 3.42. The predicted molar refractivity (Wildman–Crippen MR) is 106 cm³/mol. The lowest BCUT2D eigenvalue weighted by Crippen LogP contribution is -2.50. The molecule has 4 nitrogen and oxygen atoms in total. The van der Waals surface area contributed by atoms with E-state index in [4.69, 9.17) is 10.7 Å². The van der Waals surface area contributed by atoms with Crippen molar-refractivity contribution in [2.45, 2.75) is 57.4 Å². The van der Waals surface area contributed by atoms with Crippen LogP contribution in [-0.4, -0.2) is 23.8 Å². The quantitative estimate of drug-likeness (QED) is 0.722. The van der Waals surface area contributed by atoms with Gasteiger partial charge in [-0.05, 0) is 61.3 Å². The van der Waals surface area contributed by atoms with Crippen LogP contribution in [0, 0.1) is 29.1 Å². The van der Waals surface area contributed by atoms with Crippen molar-refractivity contribution in [1.82, 2.24) is 4.90 Å². The maximum Gasteiger partial charge on any atom is 0.262 e. The van der Waals surface area contributed by atoms with Gasteiger partial charge in [0.15, 0.2) is 11.5 Å². The molecule has 3 aliphatic carbocycles. The van der Waals surface area contributed by atoms with Crippen molar-refractivity contribution < 1.29 is 4.79 Å². The number of benzene rings is 1. The van der Waals surface area contributed by atoms with Gasteiger partial charge in [-0.15, -0.1) is 0 Å². The van der Waals surface area contributed by atoms with Crippen molar-refractivity contribution in [2.75, 3.05) is 7.05 Å². The molecule has 2 fully saturated rings. The monoisotopic (exact) mass is 361 g/mol. The summed E-state index contributed by atoms with van der Waals surface area (Å²) in [5.74, 6) is 8.33. The topological polar surface area (TPSA) is 58.7 Å². The van der Waals surface area contributed by atoms with Crippen molar-refractivity contribution in [1.29, 1.82) is 0 Å². The Balaban J connectivity index is 1.66. The zero-order chi connectivity index (χ0) is 18.8. The number of guanidine groups is 1. The summed E-state index contributed by atoms with van der Waals surface area (Å²) >= 11 is 0. The molecule has 1 aliphatic heterocycles. The number of likely N-dealkylation sites (N-methyl/N-ethyl adjacent to an activating group) is 1. The fourth-order valence-electron chi connectivity index (χ4n) is 5.35. The van der Waals surface area contributed by atoms with E-state index in [2.05, 4.69) is 37.0 Å². The minimum Gasteiger partial charge on any atom is -0.369 e. The predicted octanol–water partition coefficient (Wildman–Crippen LogP) is 3.18. The number of aliphatic imine (C=N–C) groups is 1. The molecule has 0 radical (unpaired) electrons. The summed E-state index contributed by atoms with van der Waals surface area (Å²) in [6.07, 6.45) is 7.71. The third kappa shape index (κ3) is 2.30. The number of carbonyl (C=O) groups excluding carboxylic acids is 1. The van der Waals surface area contributed by atoms with Gasteiger partial charge in [0, 0.05) is 23.9 Å². The van der Waals surface area contributed by atoms with Gasteiger partial charge in [0.2, 0.25) is 0 Å². The van der Waals surface area contributed by atoms with E-state index in [0.29, 0.717) is 17.8 Å². The molecule has 0 aromatic heterocycles. The lowest BCUT2D eigenvalue weighted by atomic mass is 9.60. The molecule has 5 rings (SSSR count). The van der Waals surface area contributed by atoms with Crippen molar-refractivity contribution in [2.24, 2.45) is 28.0 Å². The molecule has 4 aliphatic rings. The van der Waals surface area contributed by atoms with E-state index < -0.39 is 5.54 Å². The molecule has 140 valence electrons. The molecular weight excluding hydrogens is 334 g/mol. The van der Waals surface area contributed by atoms with Gasteiger partial charge in [-0.2, -0.15) is 0 Å². The van der Waals surface area contributed by atoms with Gasteiger partial charge in [0.25, 0.3) is 5.91 Å². The highest BCUT2D eigenvalue weighted by molar-refractivity contribution is 6.08. The fourth-order valence-corrected chi connectivity index (χ4v) is 5.35. The first-order chi connectivity index (χ1) is 12.9. The Labute approximate surface area is 161 Å². The Morgan fingerprint density at radius 1 is 1.22 bits per heavy atom. The van der Waals surface area contributed by atoms with Gasteiger partial charge in [0.05, 0.1) is 0 Å². The highest BCUT2D eigenvalue weighted by atomic mass is 16.2. The molecule has 27 heavy (non-hydrogen) atoms. The molecule has 1 atom stereocenters. The summed E-state index contributed by atoms with van der Waals surface area (Å²) in [5.41, 5.74) is 8.48. The second kappa shape index (κ2) is 5.61. The summed E-state index contributed by atoms with van der Waals surface area (Å²) in [7, 11) is 1.75. The van der Waals surface area contributed by atoms with E-state index in [1.165, 1.54) is 18.4 Å². The summed E-state index contributed by atoms with van der Waals surface area (Å²) < 4.78 is 0. The van der Waals surface area contributed by atoms with E-state index in [1.807, 2.05) is 0 Å². The zero-order valence-electron chi connectivity index (χ0n) is 16.2. The van der Waals surface area contributed by atoms with Gasteiger partial charge in [-0.3, -0.25) is 9.69 Å². The Hall–Kier alpha value is -2.28. The molecule has 2 N–H and O–H groups in total. The summed E-state index contributed by atoms with van der Waals surface area (Å²) in [6.45, 7) is 2.31. The molecule has 1 unspecified atom stereocenters. The number of hydrogen-bond acceptors (Lipinski definition) is 3. The van der Waals surface area contributed by atoms with Gasteiger partial charge < -0.3 is 5.73 Å². The highest BCUT2D eigenvalue weighted by Crippen LogP contribution is 2.62. The van der Waals surface area contributed by atoms with Gasteiger partial charge in [0.1, 0.15) is 0 Å².